The minimum absolute atomic E-state index is 0.0206. The molecule has 2 aromatic carbocycles. The highest BCUT2D eigenvalue weighted by atomic mass is 35.5. The summed E-state index contributed by atoms with van der Waals surface area (Å²) in [7, 11) is -3.92. The third-order valence-corrected chi connectivity index (χ3v) is 8.04. The van der Waals surface area contributed by atoms with Crippen molar-refractivity contribution in [1.29, 1.82) is 0 Å². The summed E-state index contributed by atoms with van der Waals surface area (Å²) in [6.07, 6.45) is 3.58. The predicted molar refractivity (Wildman–Crippen MR) is 118 cm³/mol. The van der Waals surface area contributed by atoms with Gasteiger partial charge in [0.15, 0.2) is 6.61 Å². The number of fused-ring (bicyclic) bond motifs is 1. The van der Waals surface area contributed by atoms with E-state index in [0.29, 0.717) is 11.3 Å². The molecule has 2 fully saturated rings. The van der Waals surface area contributed by atoms with Crippen molar-refractivity contribution >= 4 is 39.1 Å². The number of hydrogen-bond donors (Lipinski definition) is 2. The maximum Gasteiger partial charge on any atom is 0.262 e. The molecule has 0 unspecified atom stereocenters. The maximum atomic E-state index is 13.5. The Bertz CT molecular complexity index is 1190. The first-order chi connectivity index (χ1) is 15.3. The van der Waals surface area contributed by atoms with Crippen LogP contribution in [0.2, 0.25) is 5.02 Å². The Hall–Kier alpha value is -2.62. The lowest BCUT2D eigenvalue weighted by Gasteiger charge is -2.24. The number of anilines is 1. The van der Waals surface area contributed by atoms with Gasteiger partial charge in [-0.1, -0.05) is 23.7 Å². The quantitative estimate of drug-likeness (QED) is 0.640. The van der Waals surface area contributed by atoms with Gasteiger partial charge >= 0.3 is 0 Å². The van der Waals surface area contributed by atoms with Crippen LogP contribution in [0.25, 0.3) is 0 Å². The lowest BCUT2D eigenvalue weighted by molar-refractivity contribution is -0.118. The second-order valence-corrected chi connectivity index (χ2v) is 10.6. The Balaban J connectivity index is 1.39. The molecule has 0 saturated heterocycles. The molecule has 10 heteroatoms. The highest BCUT2D eigenvalue weighted by Gasteiger charge is 2.39. The third-order valence-electron chi connectivity index (χ3n) is 5.67. The summed E-state index contributed by atoms with van der Waals surface area (Å²) in [5.41, 5.74) is 1.68. The Morgan fingerprint density at radius 2 is 1.88 bits per heavy atom. The van der Waals surface area contributed by atoms with E-state index in [1.165, 1.54) is 16.4 Å². The number of hydrogen-bond acceptors (Lipinski definition) is 5. The standard InChI is InChI=1S/C22H22ClN3O5S/c23-17-9-18-19(31-12-21(27)25-18)10-20(17)32(29,30)26(16-7-8-16)11-13-1-3-14(4-2-13)22(28)24-15-5-6-15/h1-4,9-10,15-16H,5-8,11-12H2,(H,24,28)(H,25,27). The van der Waals surface area contributed by atoms with Gasteiger partial charge < -0.3 is 15.4 Å². The smallest absolute Gasteiger partial charge is 0.262 e. The number of carbonyl (C=O) groups is 2. The van der Waals surface area contributed by atoms with Crippen LogP contribution in [-0.2, 0) is 21.4 Å². The van der Waals surface area contributed by atoms with Gasteiger partial charge in [-0.15, -0.1) is 0 Å². The molecule has 2 aliphatic carbocycles. The summed E-state index contributed by atoms with van der Waals surface area (Å²) < 4.78 is 33.9. The van der Waals surface area contributed by atoms with Crippen molar-refractivity contribution < 1.29 is 22.7 Å². The van der Waals surface area contributed by atoms with Crippen molar-refractivity contribution in [2.45, 2.75) is 49.2 Å². The number of amides is 2. The van der Waals surface area contributed by atoms with Gasteiger partial charge in [-0.05, 0) is 49.4 Å². The topological polar surface area (TPSA) is 105 Å². The molecule has 0 bridgehead atoms. The SMILES string of the molecule is O=C1COc2cc(S(=O)(=O)N(Cc3ccc(C(=O)NC4CC4)cc3)C3CC3)c(Cl)cc2N1. The summed E-state index contributed by atoms with van der Waals surface area (Å²) in [6, 6.07) is 9.92. The molecule has 1 aliphatic heterocycles. The fourth-order valence-corrected chi connectivity index (χ4v) is 5.81. The molecule has 2 N–H and O–H groups in total. The van der Waals surface area contributed by atoms with Crippen LogP contribution in [0.15, 0.2) is 41.3 Å². The molecule has 5 rings (SSSR count). The van der Waals surface area contributed by atoms with Crippen LogP contribution in [0.4, 0.5) is 5.69 Å². The van der Waals surface area contributed by atoms with Crippen LogP contribution < -0.4 is 15.4 Å². The fourth-order valence-electron chi connectivity index (χ4n) is 3.62. The van der Waals surface area contributed by atoms with Gasteiger partial charge in [-0.3, -0.25) is 9.59 Å². The first-order valence-corrected chi connectivity index (χ1v) is 12.3. The van der Waals surface area contributed by atoms with Gasteiger partial charge in [-0.2, -0.15) is 4.31 Å². The summed E-state index contributed by atoms with van der Waals surface area (Å²) >= 11 is 6.31. The maximum absolute atomic E-state index is 13.5. The van der Waals surface area contributed by atoms with E-state index in [1.54, 1.807) is 24.3 Å². The molecule has 0 radical (unpaired) electrons. The number of carbonyl (C=O) groups excluding carboxylic acids is 2. The minimum Gasteiger partial charge on any atom is -0.482 e. The van der Waals surface area contributed by atoms with Crippen molar-refractivity contribution in [3.05, 3.63) is 52.5 Å². The monoisotopic (exact) mass is 475 g/mol. The van der Waals surface area contributed by atoms with Crippen LogP contribution in [0.3, 0.4) is 0 Å². The van der Waals surface area contributed by atoms with Crippen LogP contribution >= 0.6 is 11.6 Å². The van der Waals surface area contributed by atoms with Crippen molar-refractivity contribution in [3.63, 3.8) is 0 Å². The second-order valence-electron chi connectivity index (χ2n) is 8.34. The van der Waals surface area contributed by atoms with Gasteiger partial charge in [0, 0.05) is 30.3 Å². The lowest BCUT2D eigenvalue weighted by Crippen LogP contribution is -2.33. The number of nitrogens with zero attached hydrogens (tertiary/aromatic N) is 1. The summed E-state index contributed by atoms with van der Waals surface area (Å²) in [6.45, 7) is -0.0103. The number of nitrogens with one attached hydrogen (secondary N) is 2. The Labute approximate surface area is 190 Å². The summed E-state index contributed by atoms with van der Waals surface area (Å²) in [5, 5.41) is 5.58. The Morgan fingerprint density at radius 1 is 1.16 bits per heavy atom. The second kappa shape index (κ2) is 8.06. The van der Waals surface area contributed by atoms with E-state index in [0.717, 1.165) is 31.2 Å². The first-order valence-electron chi connectivity index (χ1n) is 10.5. The van der Waals surface area contributed by atoms with E-state index in [1.807, 2.05) is 0 Å². The molecule has 8 nitrogen and oxygen atoms in total. The van der Waals surface area contributed by atoms with E-state index in [9.17, 15) is 18.0 Å². The van der Waals surface area contributed by atoms with Crippen molar-refractivity contribution in [3.8, 4) is 5.75 Å². The molecule has 0 aromatic heterocycles. The highest BCUT2D eigenvalue weighted by Crippen LogP contribution is 2.40. The average molecular weight is 476 g/mol. The molecule has 168 valence electrons. The van der Waals surface area contributed by atoms with E-state index in [4.69, 9.17) is 16.3 Å². The molecule has 2 saturated carbocycles. The van der Waals surface area contributed by atoms with Gasteiger partial charge in [-0.25, -0.2) is 8.42 Å². The van der Waals surface area contributed by atoms with Gasteiger partial charge in [0.2, 0.25) is 10.0 Å². The zero-order chi connectivity index (χ0) is 22.5. The highest BCUT2D eigenvalue weighted by molar-refractivity contribution is 7.89. The predicted octanol–water partition coefficient (Wildman–Crippen LogP) is 2.92. The largest absolute Gasteiger partial charge is 0.482 e. The molecule has 0 atom stereocenters. The van der Waals surface area contributed by atoms with Crippen LogP contribution in [0, 0.1) is 0 Å². The molecule has 2 amide bonds. The third kappa shape index (κ3) is 4.32. The molecule has 32 heavy (non-hydrogen) atoms. The van der Waals surface area contributed by atoms with Crippen LogP contribution in [0.5, 0.6) is 5.75 Å². The van der Waals surface area contributed by atoms with E-state index in [-0.39, 0.29) is 52.7 Å². The number of rotatable bonds is 7. The van der Waals surface area contributed by atoms with Gasteiger partial charge in [0.1, 0.15) is 10.6 Å². The molecular formula is C22H22ClN3O5S. The molecule has 3 aliphatic rings. The van der Waals surface area contributed by atoms with Crippen LogP contribution in [-0.4, -0.2) is 43.2 Å². The molecule has 2 aromatic rings. The zero-order valence-electron chi connectivity index (χ0n) is 17.1. The average Bonchev–Trinajstić information content (AvgIpc) is 3.67. The van der Waals surface area contributed by atoms with E-state index >= 15 is 0 Å². The zero-order valence-corrected chi connectivity index (χ0v) is 18.7. The molecule has 0 spiro atoms. The number of benzene rings is 2. The summed E-state index contributed by atoms with van der Waals surface area (Å²) in [5.74, 6) is -0.161. The summed E-state index contributed by atoms with van der Waals surface area (Å²) in [4.78, 5) is 23.7. The van der Waals surface area contributed by atoms with Crippen molar-refractivity contribution in [2.75, 3.05) is 11.9 Å². The molecule has 1 heterocycles. The Kier molecular flexibility index (Phi) is 5.35. The fraction of sp³-hybridized carbons (Fsp3) is 0.364. The minimum atomic E-state index is -3.92. The van der Waals surface area contributed by atoms with E-state index in [2.05, 4.69) is 10.6 Å². The van der Waals surface area contributed by atoms with Crippen molar-refractivity contribution in [1.82, 2.24) is 9.62 Å². The van der Waals surface area contributed by atoms with Crippen LogP contribution in [0.1, 0.15) is 41.6 Å². The lowest BCUT2D eigenvalue weighted by atomic mass is 10.1. The van der Waals surface area contributed by atoms with E-state index < -0.39 is 10.0 Å². The number of sulfonamides is 1. The Morgan fingerprint density at radius 3 is 2.53 bits per heavy atom. The van der Waals surface area contributed by atoms with Crippen molar-refractivity contribution in [2.24, 2.45) is 0 Å². The molecular weight excluding hydrogens is 454 g/mol. The first kappa shape index (κ1) is 21.2. The van der Waals surface area contributed by atoms with Gasteiger partial charge in [0.05, 0.1) is 10.7 Å². The number of ether oxygens (including phenoxy) is 1. The number of halogens is 1. The normalized spacial score (nSPS) is 18.0. The van der Waals surface area contributed by atoms with Gasteiger partial charge in [0.25, 0.3) is 11.8 Å².